The van der Waals surface area contributed by atoms with Crippen LogP contribution in [0.15, 0.2) is 75.7 Å². The highest BCUT2D eigenvalue weighted by atomic mass is 79.9. The summed E-state index contributed by atoms with van der Waals surface area (Å²) in [6, 6.07) is 20.3. The van der Waals surface area contributed by atoms with Crippen LogP contribution in [0, 0.1) is 6.92 Å². The lowest BCUT2D eigenvalue weighted by atomic mass is 10.1. The number of hydrazine groups is 1. The summed E-state index contributed by atoms with van der Waals surface area (Å²) >= 11 is 11.9. The van der Waals surface area contributed by atoms with Gasteiger partial charge < -0.3 is 4.74 Å². The maximum Gasteiger partial charge on any atom is 0.269 e. The third-order valence-corrected chi connectivity index (χ3v) is 6.31. The van der Waals surface area contributed by atoms with Gasteiger partial charge in [-0.2, -0.15) is 0 Å². The zero-order chi connectivity index (χ0) is 23.8. The summed E-state index contributed by atoms with van der Waals surface area (Å²) in [4.78, 5) is 24.7. The lowest BCUT2D eigenvalue weighted by molar-refractivity contribution is 0.0934. The van der Waals surface area contributed by atoms with Crippen molar-refractivity contribution in [1.29, 1.82) is 0 Å². The Labute approximate surface area is 214 Å². The summed E-state index contributed by atoms with van der Waals surface area (Å²) < 4.78 is 7.29. The Morgan fingerprint density at radius 3 is 2.24 bits per heavy atom. The number of hydrogen-bond donors (Lipinski definition) is 3. The molecule has 0 saturated carbocycles. The summed E-state index contributed by atoms with van der Waals surface area (Å²) in [7, 11) is 0. The van der Waals surface area contributed by atoms with Gasteiger partial charge in [0.15, 0.2) is 5.11 Å². The van der Waals surface area contributed by atoms with E-state index in [0.717, 1.165) is 16.5 Å². The number of hydrogen-bond acceptors (Lipinski definition) is 4. The molecule has 3 N–H and O–H groups in total. The molecule has 0 aliphatic heterocycles. The van der Waals surface area contributed by atoms with E-state index in [0.29, 0.717) is 28.0 Å². The van der Waals surface area contributed by atoms with Crippen molar-refractivity contribution in [2.45, 2.75) is 13.3 Å². The van der Waals surface area contributed by atoms with E-state index < -0.39 is 5.91 Å². The second kappa shape index (κ2) is 11.9. The summed E-state index contributed by atoms with van der Waals surface area (Å²) in [6.45, 7) is 2.44. The van der Waals surface area contributed by atoms with Crippen LogP contribution in [0.3, 0.4) is 0 Å². The molecule has 0 unspecified atom stereocenters. The molecule has 0 fully saturated rings. The number of amides is 2. The second-order valence-electron chi connectivity index (χ2n) is 7.06. The molecule has 2 amide bonds. The molecule has 3 rings (SSSR count). The molecule has 9 heteroatoms. The Hall–Kier alpha value is -2.75. The average Bonchev–Trinajstić information content (AvgIpc) is 2.81. The first kappa shape index (κ1) is 24.9. The van der Waals surface area contributed by atoms with E-state index in [4.69, 9.17) is 17.0 Å². The van der Waals surface area contributed by atoms with Crippen LogP contribution >= 0.6 is 44.1 Å². The van der Waals surface area contributed by atoms with Crippen LogP contribution in [0.1, 0.15) is 31.8 Å². The Kier molecular flexibility index (Phi) is 8.99. The third-order valence-electron chi connectivity index (χ3n) is 4.64. The fourth-order valence-corrected chi connectivity index (χ4v) is 3.82. The summed E-state index contributed by atoms with van der Waals surface area (Å²) in [5.41, 5.74) is 8.03. The van der Waals surface area contributed by atoms with E-state index in [2.05, 4.69) is 48.0 Å². The van der Waals surface area contributed by atoms with Crippen LogP contribution in [-0.2, 0) is 6.42 Å². The molecular formula is C24H21Br2N3O3S. The zero-order valence-corrected chi connectivity index (χ0v) is 21.6. The van der Waals surface area contributed by atoms with E-state index >= 15 is 0 Å². The monoisotopic (exact) mass is 589 g/mol. The zero-order valence-electron chi connectivity index (χ0n) is 17.7. The summed E-state index contributed by atoms with van der Waals surface area (Å²) in [6.07, 6.45) is 0.778. The highest BCUT2D eigenvalue weighted by molar-refractivity contribution is 9.10. The molecule has 0 aliphatic carbocycles. The van der Waals surface area contributed by atoms with Crippen molar-refractivity contribution in [2.75, 3.05) is 6.61 Å². The average molecular weight is 591 g/mol. The molecule has 0 heterocycles. The summed E-state index contributed by atoms with van der Waals surface area (Å²) in [5.74, 6) is -0.164. The van der Waals surface area contributed by atoms with Crippen molar-refractivity contribution < 1.29 is 14.3 Å². The number of rotatable bonds is 6. The third kappa shape index (κ3) is 7.38. The Balaban J connectivity index is 1.48. The molecule has 0 saturated heterocycles. The van der Waals surface area contributed by atoms with Crippen LogP contribution < -0.4 is 20.9 Å². The van der Waals surface area contributed by atoms with Crippen LogP contribution in [-0.4, -0.2) is 23.5 Å². The van der Waals surface area contributed by atoms with E-state index in [1.54, 1.807) is 30.3 Å². The van der Waals surface area contributed by atoms with Crippen molar-refractivity contribution >= 4 is 61.0 Å². The van der Waals surface area contributed by atoms with Crippen molar-refractivity contribution in [3.05, 3.63) is 97.9 Å². The van der Waals surface area contributed by atoms with E-state index in [1.165, 1.54) is 5.56 Å². The van der Waals surface area contributed by atoms with E-state index in [9.17, 15) is 9.59 Å². The van der Waals surface area contributed by atoms with Gasteiger partial charge in [-0.1, -0.05) is 52.3 Å². The van der Waals surface area contributed by atoms with Gasteiger partial charge in [0.05, 0.1) is 11.1 Å². The van der Waals surface area contributed by atoms with Gasteiger partial charge >= 0.3 is 0 Å². The SMILES string of the molecule is Cc1ccc(C(=O)NNC(=S)NC(=O)c2ccc(OCCc3ccccc3)c(Br)c2)cc1Br. The molecule has 0 bridgehead atoms. The van der Waals surface area contributed by atoms with Crippen molar-refractivity contribution in [3.63, 3.8) is 0 Å². The normalized spacial score (nSPS) is 10.3. The van der Waals surface area contributed by atoms with Crippen LogP contribution in [0.4, 0.5) is 0 Å². The maximum absolute atomic E-state index is 12.5. The van der Waals surface area contributed by atoms with Crippen molar-refractivity contribution in [3.8, 4) is 5.75 Å². The van der Waals surface area contributed by atoms with Gasteiger partial charge in [0.25, 0.3) is 11.8 Å². The van der Waals surface area contributed by atoms with Crippen LogP contribution in [0.5, 0.6) is 5.75 Å². The second-order valence-corrected chi connectivity index (χ2v) is 9.17. The molecule has 3 aromatic rings. The highest BCUT2D eigenvalue weighted by Crippen LogP contribution is 2.26. The van der Waals surface area contributed by atoms with Gasteiger partial charge in [-0.05, 0) is 76.5 Å². The lowest BCUT2D eigenvalue weighted by Crippen LogP contribution is -2.48. The highest BCUT2D eigenvalue weighted by Gasteiger charge is 2.12. The minimum absolute atomic E-state index is 0.0289. The Morgan fingerprint density at radius 2 is 1.55 bits per heavy atom. The number of halogens is 2. The minimum atomic E-state index is -0.420. The maximum atomic E-state index is 12.5. The van der Waals surface area contributed by atoms with Crippen molar-refractivity contribution in [2.24, 2.45) is 0 Å². The van der Waals surface area contributed by atoms with Gasteiger partial charge in [0.2, 0.25) is 0 Å². The van der Waals surface area contributed by atoms with Crippen LogP contribution in [0.2, 0.25) is 0 Å². The molecule has 0 atom stereocenters. The van der Waals surface area contributed by atoms with E-state index in [1.807, 2.05) is 43.3 Å². The fourth-order valence-electron chi connectivity index (χ4n) is 2.81. The number of benzene rings is 3. The molecular weight excluding hydrogens is 570 g/mol. The summed E-state index contributed by atoms with van der Waals surface area (Å²) in [5, 5.41) is 2.50. The first-order valence-electron chi connectivity index (χ1n) is 9.97. The molecule has 33 heavy (non-hydrogen) atoms. The van der Waals surface area contributed by atoms with Gasteiger partial charge in [0, 0.05) is 22.0 Å². The number of nitrogens with one attached hydrogen (secondary N) is 3. The van der Waals surface area contributed by atoms with Gasteiger partial charge in [-0.25, -0.2) is 0 Å². The first-order chi connectivity index (χ1) is 15.8. The number of aryl methyl sites for hydroxylation is 1. The molecule has 0 radical (unpaired) electrons. The van der Waals surface area contributed by atoms with E-state index in [-0.39, 0.29) is 11.0 Å². The number of carbonyl (C=O) groups excluding carboxylic acids is 2. The number of carbonyl (C=O) groups is 2. The predicted molar refractivity (Wildman–Crippen MR) is 139 cm³/mol. The Bertz CT molecular complexity index is 1170. The fraction of sp³-hybridized carbons (Fsp3) is 0.125. The number of ether oxygens (including phenoxy) is 1. The molecule has 0 aromatic heterocycles. The molecule has 3 aromatic carbocycles. The molecule has 170 valence electrons. The largest absolute Gasteiger partial charge is 0.492 e. The predicted octanol–water partition coefficient (Wildman–Crippen LogP) is 5.09. The first-order valence-corrected chi connectivity index (χ1v) is 12.0. The standard InChI is InChI=1S/C24H21Br2N3O3S/c1-15-7-8-18(13-19(15)25)23(31)28-29-24(33)27-22(30)17-9-10-21(20(26)14-17)32-12-11-16-5-3-2-4-6-16/h2-10,13-14H,11-12H2,1H3,(H,28,31)(H2,27,29,30,33). The smallest absolute Gasteiger partial charge is 0.269 e. The van der Waals surface area contributed by atoms with Gasteiger partial charge in [-0.15, -0.1) is 0 Å². The topological polar surface area (TPSA) is 79.5 Å². The van der Waals surface area contributed by atoms with Gasteiger partial charge in [-0.3, -0.25) is 25.8 Å². The lowest BCUT2D eigenvalue weighted by Gasteiger charge is -2.12. The Morgan fingerprint density at radius 1 is 0.879 bits per heavy atom. The van der Waals surface area contributed by atoms with Crippen molar-refractivity contribution in [1.82, 2.24) is 16.2 Å². The molecule has 0 aliphatic rings. The molecule has 0 spiro atoms. The van der Waals surface area contributed by atoms with Crippen LogP contribution in [0.25, 0.3) is 0 Å². The van der Waals surface area contributed by atoms with Gasteiger partial charge in [0.1, 0.15) is 5.75 Å². The minimum Gasteiger partial charge on any atom is -0.492 e. The molecule has 6 nitrogen and oxygen atoms in total. The quantitative estimate of drug-likeness (QED) is 0.275. The number of thiocarbonyl (C=S) groups is 1.